The van der Waals surface area contributed by atoms with Gasteiger partial charge in [-0.25, -0.2) is 14.8 Å². The Labute approximate surface area is 120 Å². The molecule has 112 valence electrons. The Hall–Kier alpha value is -2.97. The smallest absolute Gasteiger partial charge is 0.417 e. The Kier molecular flexibility index (Phi) is 3.05. The standard InChI is InChI=1S/C13H7F3N4O2/c14-13(15,16)7-4-8-9(20-10(5-19-8)12(21)22)3-6(7)11-17-1-2-18-11/h1-5H,(H,17,18)(H,21,22). The van der Waals surface area contributed by atoms with Crippen molar-refractivity contribution < 1.29 is 23.1 Å². The van der Waals surface area contributed by atoms with E-state index in [2.05, 4.69) is 19.9 Å². The van der Waals surface area contributed by atoms with Crippen LogP contribution in [-0.4, -0.2) is 31.0 Å². The summed E-state index contributed by atoms with van der Waals surface area (Å²) in [6.45, 7) is 0. The molecule has 0 saturated heterocycles. The molecule has 0 bridgehead atoms. The van der Waals surface area contributed by atoms with Gasteiger partial charge in [0.2, 0.25) is 0 Å². The fourth-order valence-electron chi connectivity index (χ4n) is 2.01. The summed E-state index contributed by atoms with van der Waals surface area (Å²) in [7, 11) is 0. The van der Waals surface area contributed by atoms with Crippen molar-refractivity contribution in [2.45, 2.75) is 6.18 Å². The molecule has 2 heterocycles. The fraction of sp³-hybridized carbons (Fsp3) is 0.0769. The lowest BCUT2D eigenvalue weighted by molar-refractivity contribution is -0.137. The van der Waals surface area contributed by atoms with Gasteiger partial charge in [0.15, 0.2) is 5.69 Å². The number of aromatic amines is 1. The first-order valence-corrected chi connectivity index (χ1v) is 5.97. The van der Waals surface area contributed by atoms with Crippen LogP contribution < -0.4 is 0 Å². The number of carboxylic acids is 1. The van der Waals surface area contributed by atoms with Gasteiger partial charge < -0.3 is 10.1 Å². The molecule has 3 rings (SSSR count). The minimum atomic E-state index is -4.61. The van der Waals surface area contributed by atoms with Crippen LogP contribution in [0.3, 0.4) is 0 Å². The Balaban J connectivity index is 2.31. The highest BCUT2D eigenvalue weighted by Gasteiger charge is 2.35. The molecule has 9 heteroatoms. The average Bonchev–Trinajstić information content (AvgIpc) is 2.98. The Bertz CT molecular complexity index is 860. The van der Waals surface area contributed by atoms with Crippen LogP contribution in [0, 0.1) is 0 Å². The highest BCUT2D eigenvalue weighted by atomic mass is 19.4. The lowest BCUT2D eigenvalue weighted by Gasteiger charge is -2.12. The molecule has 0 aliphatic heterocycles. The van der Waals surface area contributed by atoms with Crippen molar-refractivity contribution in [1.82, 2.24) is 19.9 Å². The van der Waals surface area contributed by atoms with Gasteiger partial charge in [0, 0.05) is 18.0 Å². The van der Waals surface area contributed by atoms with Crippen molar-refractivity contribution >= 4 is 17.0 Å². The number of halogens is 3. The maximum Gasteiger partial charge on any atom is 0.417 e. The minimum Gasteiger partial charge on any atom is -0.476 e. The number of fused-ring (bicyclic) bond motifs is 1. The zero-order valence-electron chi connectivity index (χ0n) is 10.7. The number of H-pyrrole nitrogens is 1. The van der Waals surface area contributed by atoms with Crippen LogP contribution in [0.2, 0.25) is 0 Å². The predicted octanol–water partition coefficient (Wildman–Crippen LogP) is 2.74. The highest BCUT2D eigenvalue weighted by molar-refractivity contribution is 5.89. The summed E-state index contributed by atoms with van der Waals surface area (Å²) in [4.78, 5) is 24.8. The second-order valence-corrected chi connectivity index (χ2v) is 4.38. The summed E-state index contributed by atoms with van der Waals surface area (Å²) < 4.78 is 39.6. The first-order chi connectivity index (χ1) is 10.4. The zero-order valence-corrected chi connectivity index (χ0v) is 10.7. The number of aromatic carboxylic acids is 1. The average molecular weight is 308 g/mol. The van der Waals surface area contributed by atoms with Crippen molar-refractivity contribution in [3.63, 3.8) is 0 Å². The van der Waals surface area contributed by atoms with E-state index in [4.69, 9.17) is 5.11 Å². The Morgan fingerprint density at radius 3 is 2.55 bits per heavy atom. The van der Waals surface area contributed by atoms with E-state index in [1.54, 1.807) is 0 Å². The third-order valence-electron chi connectivity index (χ3n) is 2.96. The van der Waals surface area contributed by atoms with Crippen LogP contribution in [0.25, 0.3) is 22.4 Å². The third-order valence-corrected chi connectivity index (χ3v) is 2.96. The lowest BCUT2D eigenvalue weighted by atomic mass is 10.0. The van der Waals surface area contributed by atoms with Gasteiger partial charge in [-0.05, 0) is 12.1 Å². The number of imidazole rings is 1. The number of rotatable bonds is 2. The molecular formula is C13H7F3N4O2. The van der Waals surface area contributed by atoms with Crippen LogP contribution in [-0.2, 0) is 6.18 Å². The molecule has 0 radical (unpaired) electrons. The summed E-state index contributed by atoms with van der Waals surface area (Å²) in [5, 5.41) is 8.88. The summed E-state index contributed by atoms with van der Waals surface area (Å²) >= 11 is 0. The number of aromatic nitrogens is 4. The van der Waals surface area contributed by atoms with E-state index in [0.717, 1.165) is 18.3 Å². The van der Waals surface area contributed by atoms with E-state index >= 15 is 0 Å². The minimum absolute atomic E-state index is 0.0109. The maximum atomic E-state index is 13.2. The van der Waals surface area contributed by atoms with Crippen molar-refractivity contribution in [2.75, 3.05) is 0 Å². The van der Waals surface area contributed by atoms with Crippen LogP contribution in [0.1, 0.15) is 16.1 Å². The van der Waals surface area contributed by atoms with Gasteiger partial charge in [0.1, 0.15) is 5.82 Å². The monoisotopic (exact) mass is 308 g/mol. The van der Waals surface area contributed by atoms with E-state index in [-0.39, 0.29) is 28.1 Å². The lowest BCUT2D eigenvalue weighted by Crippen LogP contribution is -2.09. The van der Waals surface area contributed by atoms with E-state index in [1.807, 2.05) is 0 Å². The molecule has 2 N–H and O–H groups in total. The van der Waals surface area contributed by atoms with Gasteiger partial charge in [0.25, 0.3) is 0 Å². The summed E-state index contributed by atoms with van der Waals surface area (Å²) in [5.41, 5.74) is -1.50. The number of nitrogens with one attached hydrogen (secondary N) is 1. The van der Waals surface area contributed by atoms with Crippen molar-refractivity contribution in [2.24, 2.45) is 0 Å². The first-order valence-electron chi connectivity index (χ1n) is 5.97. The number of nitrogens with zero attached hydrogens (tertiary/aromatic N) is 3. The van der Waals surface area contributed by atoms with Crippen molar-refractivity contribution in [3.8, 4) is 11.4 Å². The second kappa shape index (κ2) is 4.79. The maximum absolute atomic E-state index is 13.2. The van der Waals surface area contributed by atoms with Crippen molar-refractivity contribution in [1.29, 1.82) is 0 Å². The Morgan fingerprint density at radius 1 is 1.18 bits per heavy atom. The number of carboxylic acid groups (broad SMARTS) is 1. The zero-order chi connectivity index (χ0) is 15.9. The molecule has 0 aliphatic rings. The van der Waals surface area contributed by atoms with Crippen molar-refractivity contribution in [3.05, 3.63) is 42.0 Å². The molecule has 0 fully saturated rings. The molecule has 3 aromatic rings. The molecule has 0 unspecified atom stereocenters. The van der Waals surface area contributed by atoms with Gasteiger partial charge in [0.05, 0.1) is 22.8 Å². The molecule has 22 heavy (non-hydrogen) atoms. The predicted molar refractivity (Wildman–Crippen MR) is 69.1 cm³/mol. The molecule has 1 aromatic carbocycles. The first kappa shape index (κ1) is 14.0. The summed E-state index contributed by atoms with van der Waals surface area (Å²) in [6, 6.07) is 1.95. The van der Waals surface area contributed by atoms with Gasteiger partial charge >= 0.3 is 12.1 Å². The number of alkyl halides is 3. The summed E-state index contributed by atoms with van der Waals surface area (Å²) in [5.74, 6) is -1.30. The highest BCUT2D eigenvalue weighted by Crippen LogP contribution is 2.37. The van der Waals surface area contributed by atoms with E-state index in [0.29, 0.717) is 0 Å². The molecule has 6 nitrogen and oxygen atoms in total. The number of hydrogen-bond acceptors (Lipinski definition) is 4. The third kappa shape index (κ3) is 2.36. The Morgan fingerprint density at radius 2 is 1.95 bits per heavy atom. The van der Waals surface area contributed by atoms with E-state index in [9.17, 15) is 18.0 Å². The van der Waals surface area contributed by atoms with Crippen LogP contribution >= 0.6 is 0 Å². The van der Waals surface area contributed by atoms with Gasteiger partial charge in [-0.15, -0.1) is 0 Å². The number of carbonyl (C=O) groups is 1. The van der Waals surface area contributed by atoms with Gasteiger partial charge in [-0.3, -0.25) is 4.98 Å². The SMILES string of the molecule is O=C(O)c1cnc2cc(C(F)(F)F)c(-c3ncc[nH]3)cc2n1. The molecule has 0 spiro atoms. The molecule has 0 aliphatic carbocycles. The molecule has 2 aromatic heterocycles. The van der Waals surface area contributed by atoms with Crippen LogP contribution in [0.5, 0.6) is 0 Å². The van der Waals surface area contributed by atoms with Gasteiger partial charge in [-0.1, -0.05) is 0 Å². The van der Waals surface area contributed by atoms with Gasteiger partial charge in [-0.2, -0.15) is 13.2 Å². The van der Waals surface area contributed by atoms with E-state index < -0.39 is 17.7 Å². The second-order valence-electron chi connectivity index (χ2n) is 4.38. The topological polar surface area (TPSA) is 91.8 Å². The fourth-order valence-corrected chi connectivity index (χ4v) is 2.01. The largest absolute Gasteiger partial charge is 0.476 e. The molecule has 0 amide bonds. The molecule has 0 atom stereocenters. The quantitative estimate of drug-likeness (QED) is 0.759. The summed E-state index contributed by atoms with van der Waals surface area (Å²) in [6.07, 6.45) is -0.987. The van der Waals surface area contributed by atoms with Crippen LogP contribution in [0.4, 0.5) is 13.2 Å². The van der Waals surface area contributed by atoms with E-state index in [1.165, 1.54) is 12.4 Å². The molecular weight excluding hydrogens is 301 g/mol. The van der Waals surface area contributed by atoms with Crippen LogP contribution in [0.15, 0.2) is 30.7 Å². The number of hydrogen-bond donors (Lipinski definition) is 2. The molecule has 0 saturated carbocycles. The normalized spacial score (nSPS) is 11.8. The number of benzene rings is 1.